The van der Waals surface area contributed by atoms with Gasteiger partial charge in [0.15, 0.2) is 3.95 Å². The Kier molecular flexibility index (Phi) is 5.54. The van der Waals surface area contributed by atoms with E-state index in [1.165, 1.54) is 27.5 Å². The normalized spacial score (nSPS) is 16.9. The maximum absolute atomic E-state index is 11.6. The van der Waals surface area contributed by atoms with Crippen LogP contribution in [0.3, 0.4) is 0 Å². The van der Waals surface area contributed by atoms with Crippen LogP contribution in [0.1, 0.15) is 5.56 Å². The van der Waals surface area contributed by atoms with Crippen LogP contribution in [0.2, 0.25) is 0 Å². The standard InChI is InChI=1S/C15H21N5O2S3/c1-12-3-5-13(6-4-12)16-14-17-20(15(23)24-14)11-18-7-9-19(10-8-18)25(2,21)22/h3-6H,7-11H2,1-2H3,(H,16,17). The number of hydrogen-bond donors (Lipinski definition) is 1. The summed E-state index contributed by atoms with van der Waals surface area (Å²) in [5.74, 6) is 0. The number of aromatic nitrogens is 2. The third-order valence-electron chi connectivity index (χ3n) is 4.04. The fourth-order valence-electron chi connectivity index (χ4n) is 2.60. The number of hydrogen-bond acceptors (Lipinski definition) is 7. The average molecular weight is 400 g/mol. The minimum absolute atomic E-state index is 0.505. The van der Waals surface area contributed by atoms with Crippen molar-refractivity contribution < 1.29 is 8.42 Å². The molecule has 1 fully saturated rings. The summed E-state index contributed by atoms with van der Waals surface area (Å²) in [5, 5.41) is 8.56. The summed E-state index contributed by atoms with van der Waals surface area (Å²) in [6, 6.07) is 8.10. The highest BCUT2D eigenvalue weighted by atomic mass is 32.2. The van der Waals surface area contributed by atoms with Crippen molar-refractivity contribution >= 4 is 44.4 Å². The minimum Gasteiger partial charge on any atom is -0.330 e. The van der Waals surface area contributed by atoms with Crippen LogP contribution in [0, 0.1) is 10.9 Å². The number of nitrogens with zero attached hydrogens (tertiary/aromatic N) is 4. The van der Waals surface area contributed by atoms with Gasteiger partial charge >= 0.3 is 0 Å². The first kappa shape index (κ1) is 18.5. The molecule has 7 nitrogen and oxygen atoms in total. The number of anilines is 2. The maximum atomic E-state index is 11.6. The van der Waals surface area contributed by atoms with Crippen molar-refractivity contribution in [2.45, 2.75) is 13.6 Å². The molecule has 0 unspecified atom stereocenters. The van der Waals surface area contributed by atoms with Gasteiger partial charge in [0, 0.05) is 31.9 Å². The number of aryl methyl sites for hydroxylation is 1. The van der Waals surface area contributed by atoms with Crippen molar-refractivity contribution in [3.05, 3.63) is 33.8 Å². The molecule has 1 aromatic carbocycles. The average Bonchev–Trinajstić information content (AvgIpc) is 2.89. The second-order valence-electron chi connectivity index (χ2n) is 6.09. The van der Waals surface area contributed by atoms with Crippen LogP contribution in [-0.4, -0.2) is 59.8 Å². The first-order chi connectivity index (χ1) is 11.8. The van der Waals surface area contributed by atoms with Crippen molar-refractivity contribution in [3.8, 4) is 0 Å². The highest BCUT2D eigenvalue weighted by molar-refractivity contribution is 7.88. The molecule has 1 N–H and O–H groups in total. The molecule has 1 aliphatic heterocycles. The molecule has 0 spiro atoms. The zero-order chi connectivity index (χ0) is 18.0. The van der Waals surface area contributed by atoms with Gasteiger partial charge in [-0.05, 0) is 31.3 Å². The lowest BCUT2D eigenvalue weighted by molar-refractivity contribution is 0.146. The Balaban J connectivity index is 1.62. The lowest BCUT2D eigenvalue weighted by Crippen LogP contribution is -2.48. The Morgan fingerprint density at radius 3 is 2.44 bits per heavy atom. The fourth-order valence-corrected chi connectivity index (χ4v) is 4.44. The number of sulfonamides is 1. The Labute approximate surface area is 156 Å². The molecule has 2 aromatic rings. The number of piperazine rings is 1. The lowest BCUT2D eigenvalue weighted by Gasteiger charge is -2.32. The van der Waals surface area contributed by atoms with E-state index >= 15 is 0 Å². The molecule has 0 atom stereocenters. The van der Waals surface area contributed by atoms with Crippen molar-refractivity contribution in [1.82, 2.24) is 19.0 Å². The molecular formula is C15H21N5O2S3. The fraction of sp³-hybridized carbons (Fsp3) is 0.467. The summed E-state index contributed by atoms with van der Waals surface area (Å²) in [6.45, 7) is 4.98. The topological polar surface area (TPSA) is 70.5 Å². The Morgan fingerprint density at radius 2 is 1.84 bits per heavy atom. The van der Waals surface area contributed by atoms with Gasteiger partial charge in [0.1, 0.15) is 0 Å². The Bertz CT molecular complexity index is 881. The predicted molar refractivity (Wildman–Crippen MR) is 103 cm³/mol. The monoisotopic (exact) mass is 399 g/mol. The second kappa shape index (κ2) is 7.50. The highest BCUT2D eigenvalue weighted by Gasteiger charge is 2.23. The molecular weight excluding hydrogens is 378 g/mol. The molecule has 0 aliphatic carbocycles. The first-order valence-corrected chi connectivity index (χ1v) is 11.0. The predicted octanol–water partition coefficient (Wildman–Crippen LogP) is 2.26. The van der Waals surface area contributed by atoms with Gasteiger partial charge < -0.3 is 5.32 Å². The molecule has 136 valence electrons. The van der Waals surface area contributed by atoms with Crippen LogP contribution in [0.5, 0.6) is 0 Å². The summed E-state index contributed by atoms with van der Waals surface area (Å²) in [4.78, 5) is 2.16. The summed E-state index contributed by atoms with van der Waals surface area (Å²) in [7, 11) is -3.11. The highest BCUT2D eigenvalue weighted by Crippen LogP contribution is 2.21. The third kappa shape index (κ3) is 4.85. The maximum Gasteiger partial charge on any atom is 0.211 e. The molecule has 1 saturated heterocycles. The van der Waals surface area contributed by atoms with Crippen LogP contribution in [-0.2, 0) is 16.7 Å². The summed E-state index contributed by atoms with van der Waals surface area (Å²) < 4.78 is 27.1. The van der Waals surface area contributed by atoms with E-state index in [0.717, 1.165) is 10.8 Å². The van der Waals surface area contributed by atoms with Gasteiger partial charge in [-0.25, -0.2) is 13.1 Å². The van der Waals surface area contributed by atoms with Crippen LogP contribution in [0.4, 0.5) is 10.8 Å². The largest absolute Gasteiger partial charge is 0.330 e. The molecule has 1 aliphatic rings. The van der Waals surface area contributed by atoms with E-state index in [4.69, 9.17) is 12.2 Å². The molecule has 25 heavy (non-hydrogen) atoms. The molecule has 2 heterocycles. The van der Waals surface area contributed by atoms with E-state index in [2.05, 4.69) is 15.3 Å². The summed E-state index contributed by atoms with van der Waals surface area (Å²) in [5.41, 5.74) is 2.18. The first-order valence-electron chi connectivity index (χ1n) is 7.90. The summed E-state index contributed by atoms with van der Waals surface area (Å²) >= 11 is 6.84. The molecule has 0 saturated carbocycles. The van der Waals surface area contributed by atoms with Gasteiger partial charge in [-0.3, -0.25) is 4.90 Å². The van der Waals surface area contributed by atoms with E-state index in [0.29, 0.717) is 36.8 Å². The number of benzene rings is 1. The minimum atomic E-state index is -3.11. The van der Waals surface area contributed by atoms with Crippen molar-refractivity contribution in [1.29, 1.82) is 0 Å². The molecule has 1 aromatic heterocycles. The lowest BCUT2D eigenvalue weighted by atomic mass is 10.2. The SMILES string of the molecule is Cc1ccc(Nc2nn(CN3CCN(S(C)(=O)=O)CC3)c(=S)s2)cc1. The molecule has 0 radical (unpaired) electrons. The zero-order valence-electron chi connectivity index (χ0n) is 14.2. The molecule has 10 heteroatoms. The molecule has 3 rings (SSSR count). The summed E-state index contributed by atoms with van der Waals surface area (Å²) in [6.07, 6.45) is 1.25. The van der Waals surface area contributed by atoms with E-state index in [-0.39, 0.29) is 0 Å². The van der Waals surface area contributed by atoms with Crippen molar-refractivity contribution in [3.63, 3.8) is 0 Å². The van der Waals surface area contributed by atoms with E-state index in [1.54, 1.807) is 4.68 Å². The molecule has 0 amide bonds. The van der Waals surface area contributed by atoms with Crippen LogP contribution >= 0.6 is 23.6 Å². The van der Waals surface area contributed by atoms with Gasteiger partial charge in [0.2, 0.25) is 15.2 Å². The van der Waals surface area contributed by atoms with Crippen LogP contribution in [0.15, 0.2) is 24.3 Å². The third-order valence-corrected chi connectivity index (χ3v) is 6.57. The van der Waals surface area contributed by atoms with Gasteiger partial charge in [0.05, 0.1) is 12.9 Å². The smallest absolute Gasteiger partial charge is 0.211 e. The van der Waals surface area contributed by atoms with Gasteiger partial charge in [-0.15, -0.1) is 5.10 Å². The van der Waals surface area contributed by atoms with Gasteiger partial charge in [-0.2, -0.15) is 4.31 Å². The number of nitrogens with one attached hydrogen (secondary N) is 1. The van der Waals surface area contributed by atoms with E-state index < -0.39 is 10.0 Å². The Morgan fingerprint density at radius 1 is 1.20 bits per heavy atom. The second-order valence-corrected chi connectivity index (χ2v) is 9.69. The van der Waals surface area contributed by atoms with E-state index in [9.17, 15) is 8.42 Å². The van der Waals surface area contributed by atoms with Crippen molar-refractivity contribution in [2.75, 3.05) is 37.8 Å². The van der Waals surface area contributed by atoms with Gasteiger partial charge in [0.25, 0.3) is 0 Å². The molecule has 0 bridgehead atoms. The van der Waals surface area contributed by atoms with Crippen LogP contribution < -0.4 is 5.32 Å². The number of rotatable bonds is 5. The van der Waals surface area contributed by atoms with Crippen molar-refractivity contribution in [2.24, 2.45) is 0 Å². The van der Waals surface area contributed by atoms with Gasteiger partial charge in [-0.1, -0.05) is 29.0 Å². The van der Waals surface area contributed by atoms with E-state index in [1.807, 2.05) is 31.2 Å². The quantitative estimate of drug-likeness (QED) is 0.778. The van der Waals surface area contributed by atoms with Crippen LogP contribution in [0.25, 0.3) is 0 Å². The Hall–Kier alpha value is -1.33. The zero-order valence-corrected chi connectivity index (χ0v) is 16.6.